The van der Waals surface area contributed by atoms with Crippen LogP contribution in [0.1, 0.15) is 6.92 Å². The molecule has 0 saturated heterocycles. The fourth-order valence-electron chi connectivity index (χ4n) is 2.06. The number of carbonyl (C=O) groups is 1. The standard InChI is InChI=1S/C16H28N6O5/c1-12(2)13(23)22(11-27-7)16-18-14(20(3)8-24-4)17-15(19-16)21(9-25-5)10-26-6/h1,8-11H2,2-7H3. The Kier molecular flexibility index (Phi) is 9.58. The summed E-state index contributed by atoms with van der Waals surface area (Å²) in [6.07, 6.45) is 0. The van der Waals surface area contributed by atoms with Gasteiger partial charge in [-0.1, -0.05) is 6.58 Å². The van der Waals surface area contributed by atoms with Crippen LogP contribution < -0.4 is 14.7 Å². The van der Waals surface area contributed by atoms with Gasteiger partial charge in [-0.05, 0) is 6.92 Å². The van der Waals surface area contributed by atoms with E-state index >= 15 is 0 Å². The van der Waals surface area contributed by atoms with Crippen molar-refractivity contribution in [3.63, 3.8) is 0 Å². The minimum absolute atomic E-state index is 0.0445. The second kappa shape index (κ2) is 11.4. The van der Waals surface area contributed by atoms with Crippen LogP contribution in [0.3, 0.4) is 0 Å². The van der Waals surface area contributed by atoms with Crippen molar-refractivity contribution in [1.29, 1.82) is 0 Å². The third-order valence-electron chi connectivity index (χ3n) is 3.23. The summed E-state index contributed by atoms with van der Waals surface area (Å²) in [5.41, 5.74) is 0.325. The zero-order valence-electron chi connectivity index (χ0n) is 16.8. The maximum Gasteiger partial charge on any atom is 0.257 e. The zero-order valence-corrected chi connectivity index (χ0v) is 16.8. The largest absolute Gasteiger partial charge is 0.364 e. The fraction of sp³-hybridized carbons (Fsp3) is 0.625. The molecule has 1 amide bonds. The lowest BCUT2D eigenvalue weighted by Crippen LogP contribution is -2.37. The second-order valence-electron chi connectivity index (χ2n) is 5.66. The van der Waals surface area contributed by atoms with E-state index in [1.807, 2.05) is 0 Å². The molecule has 0 aromatic carbocycles. The Labute approximate surface area is 159 Å². The van der Waals surface area contributed by atoms with Gasteiger partial charge in [-0.25, -0.2) is 0 Å². The van der Waals surface area contributed by atoms with Gasteiger partial charge in [-0.3, -0.25) is 14.6 Å². The number of aromatic nitrogens is 3. The molecule has 0 fully saturated rings. The average Bonchev–Trinajstić information content (AvgIpc) is 2.65. The summed E-state index contributed by atoms with van der Waals surface area (Å²) in [5, 5.41) is 0. The topological polar surface area (TPSA) is 102 Å². The molecule has 0 N–H and O–H groups in total. The third-order valence-corrected chi connectivity index (χ3v) is 3.23. The van der Waals surface area contributed by atoms with Crippen molar-refractivity contribution in [2.24, 2.45) is 0 Å². The lowest BCUT2D eigenvalue weighted by Gasteiger charge is -2.26. The van der Waals surface area contributed by atoms with Gasteiger partial charge < -0.3 is 23.8 Å². The molecule has 0 aliphatic rings. The maximum absolute atomic E-state index is 12.5. The lowest BCUT2D eigenvalue weighted by atomic mass is 10.3. The van der Waals surface area contributed by atoms with E-state index in [1.165, 1.54) is 12.0 Å². The molecule has 152 valence electrons. The number of carbonyl (C=O) groups excluding carboxylic acids is 1. The number of ether oxygens (including phenoxy) is 4. The highest BCUT2D eigenvalue weighted by atomic mass is 16.5. The molecule has 0 bridgehead atoms. The molecule has 11 heteroatoms. The Morgan fingerprint density at radius 1 is 0.852 bits per heavy atom. The van der Waals surface area contributed by atoms with E-state index in [0.29, 0.717) is 11.5 Å². The average molecular weight is 384 g/mol. The van der Waals surface area contributed by atoms with Gasteiger partial charge >= 0.3 is 0 Å². The van der Waals surface area contributed by atoms with Crippen molar-refractivity contribution < 1.29 is 23.7 Å². The van der Waals surface area contributed by atoms with Crippen molar-refractivity contribution in [1.82, 2.24) is 15.0 Å². The predicted octanol–water partition coefficient (Wildman–Crippen LogP) is 0.439. The first-order valence-corrected chi connectivity index (χ1v) is 8.04. The van der Waals surface area contributed by atoms with E-state index in [1.54, 1.807) is 45.1 Å². The monoisotopic (exact) mass is 384 g/mol. The van der Waals surface area contributed by atoms with Gasteiger partial charge in [0.25, 0.3) is 5.91 Å². The van der Waals surface area contributed by atoms with Gasteiger partial charge in [-0.15, -0.1) is 0 Å². The van der Waals surface area contributed by atoms with Crippen LogP contribution in [0, 0.1) is 0 Å². The first-order chi connectivity index (χ1) is 12.9. The maximum atomic E-state index is 12.5. The Balaban J connectivity index is 3.46. The van der Waals surface area contributed by atoms with Crippen LogP contribution in [-0.2, 0) is 23.7 Å². The van der Waals surface area contributed by atoms with Crippen molar-refractivity contribution in [3.8, 4) is 0 Å². The molecule has 27 heavy (non-hydrogen) atoms. The Bertz CT molecular complexity index is 623. The summed E-state index contributed by atoms with van der Waals surface area (Å²) < 4.78 is 20.6. The lowest BCUT2D eigenvalue weighted by molar-refractivity contribution is -0.116. The van der Waals surface area contributed by atoms with Gasteiger partial charge in [0.2, 0.25) is 17.8 Å². The number of hydrogen-bond acceptors (Lipinski definition) is 10. The quantitative estimate of drug-likeness (QED) is 0.372. The highest BCUT2D eigenvalue weighted by Crippen LogP contribution is 2.20. The molecular weight excluding hydrogens is 356 g/mol. The number of anilines is 3. The van der Waals surface area contributed by atoms with E-state index in [9.17, 15) is 4.79 Å². The molecule has 1 aromatic rings. The molecule has 0 saturated carbocycles. The van der Waals surface area contributed by atoms with E-state index in [-0.39, 0.29) is 44.7 Å². The zero-order chi connectivity index (χ0) is 20.4. The summed E-state index contributed by atoms with van der Waals surface area (Å²) in [4.78, 5) is 30.3. The van der Waals surface area contributed by atoms with E-state index in [2.05, 4.69) is 21.5 Å². The molecule has 1 heterocycles. The van der Waals surface area contributed by atoms with Crippen LogP contribution >= 0.6 is 0 Å². The summed E-state index contributed by atoms with van der Waals surface area (Å²) >= 11 is 0. The Morgan fingerprint density at radius 2 is 1.33 bits per heavy atom. The first-order valence-electron chi connectivity index (χ1n) is 8.04. The van der Waals surface area contributed by atoms with Gasteiger partial charge in [0.05, 0.1) is 0 Å². The van der Waals surface area contributed by atoms with Crippen LogP contribution in [0.4, 0.5) is 17.8 Å². The highest BCUT2D eigenvalue weighted by Gasteiger charge is 2.23. The molecule has 1 rings (SSSR count). The number of rotatable bonds is 12. The molecule has 0 aliphatic carbocycles. The van der Waals surface area contributed by atoms with Crippen LogP contribution in [0.15, 0.2) is 12.2 Å². The van der Waals surface area contributed by atoms with Crippen molar-refractivity contribution in [2.75, 3.05) is 77.1 Å². The van der Waals surface area contributed by atoms with Gasteiger partial charge in [-0.2, -0.15) is 15.0 Å². The van der Waals surface area contributed by atoms with E-state index < -0.39 is 0 Å². The molecule has 0 aliphatic heterocycles. The molecule has 11 nitrogen and oxygen atoms in total. The second-order valence-corrected chi connectivity index (χ2v) is 5.66. The van der Waals surface area contributed by atoms with Crippen LogP contribution in [0.5, 0.6) is 0 Å². The Hall–Kier alpha value is -2.34. The summed E-state index contributed by atoms with van der Waals surface area (Å²) in [6.45, 7) is 5.86. The normalized spacial score (nSPS) is 10.6. The van der Waals surface area contributed by atoms with Gasteiger partial charge in [0.15, 0.2) is 0 Å². The molecule has 0 atom stereocenters. The van der Waals surface area contributed by atoms with Gasteiger partial charge in [0.1, 0.15) is 26.9 Å². The summed E-state index contributed by atoms with van der Waals surface area (Å²) in [5.74, 6) is 0.339. The predicted molar refractivity (Wildman–Crippen MR) is 101 cm³/mol. The molecule has 0 unspecified atom stereocenters. The van der Waals surface area contributed by atoms with Crippen LogP contribution in [0.25, 0.3) is 0 Å². The molecular formula is C16H28N6O5. The molecule has 0 radical (unpaired) electrons. The number of hydrogen-bond donors (Lipinski definition) is 0. The smallest absolute Gasteiger partial charge is 0.257 e. The van der Waals surface area contributed by atoms with Gasteiger partial charge in [0, 0.05) is 41.1 Å². The third kappa shape index (κ3) is 6.40. The minimum Gasteiger partial charge on any atom is -0.364 e. The number of methoxy groups -OCH3 is 4. The minimum atomic E-state index is -0.362. The molecule has 1 aromatic heterocycles. The van der Waals surface area contributed by atoms with Crippen molar-refractivity contribution >= 4 is 23.8 Å². The molecule has 0 spiro atoms. The van der Waals surface area contributed by atoms with Crippen molar-refractivity contribution in [2.45, 2.75) is 6.92 Å². The SMILES string of the molecule is C=C(C)C(=O)N(COC)c1nc(N(C)COC)nc(N(COC)COC)n1. The summed E-state index contributed by atoms with van der Waals surface area (Å²) in [6, 6.07) is 0. The first kappa shape index (κ1) is 22.7. The summed E-state index contributed by atoms with van der Waals surface area (Å²) in [7, 11) is 7.88. The van der Waals surface area contributed by atoms with Crippen LogP contribution in [0.2, 0.25) is 0 Å². The van der Waals surface area contributed by atoms with E-state index in [0.717, 1.165) is 0 Å². The van der Waals surface area contributed by atoms with Crippen molar-refractivity contribution in [3.05, 3.63) is 12.2 Å². The fourth-order valence-corrected chi connectivity index (χ4v) is 2.06. The Morgan fingerprint density at radius 3 is 1.81 bits per heavy atom. The number of nitrogens with zero attached hydrogens (tertiary/aromatic N) is 6. The number of amides is 1. The van der Waals surface area contributed by atoms with Crippen LogP contribution in [-0.4, -0.2) is 83.3 Å². The van der Waals surface area contributed by atoms with E-state index in [4.69, 9.17) is 18.9 Å². The highest BCUT2D eigenvalue weighted by molar-refractivity contribution is 6.03.